The summed E-state index contributed by atoms with van der Waals surface area (Å²) in [5.41, 5.74) is 2.28. The number of amides is 1. The standard InChI is InChI=1S/C11H17ClN4O3S/c1-11(2,20(3,18)19)6-14-10(17)9-7(12)4-5-8(15-9)16-13/h4-5H,6,13H2,1-3H3,(H,14,17)(H,15,16). The van der Waals surface area contributed by atoms with Crippen LogP contribution in [0.3, 0.4) is 0 Å². The molecule has 9 heteroatoms. The Kier molecular flexibility index (Phi) is 4.95. The van der Waals surface area contributed by atoms with E-state index in [9.17, 15) is 13.2 Å². The Hall–Kier alpha value is -1.38. The maximum atomic E-state index is 12.0. The van der Waals surface area contributed by atoms with Crippen molar-refractivity contribution >= 4 is 33.2 Å². The van der Waals surface area contributed by atoms with Gasteiger partial charge in [0.15, 0.2) is 9.84 Å². The van der Waals surface area contributed by atoms with E-state index in [1.165, 1.54) is 26.0 Å². The molecule has 1 aromatic heterocycles. The number of carbonyl (C=O) groups is 1. The summed E-state index contributed by atoms with van der Waals surface area (Å²) in [7, 11) is -3.30. The molecule has 1 amide bonds. The van der Waals surface area contributed by atoms with Gasteiger partial charge in [0.1, 0.15) is 11.5 Å². The third-order valence-electron chi connectivity index (χ3n) is 2.89. The molecule has 0 aliphatic heterocycles. The van der Waals surface area contributed by atoms with Gasteiger partial charge >= 0.3 is 0 Å². The fraction of sp³-hybridized carbons (Fsp3) is 0.455. The molecule has 0 aliphatic rings. The Morgan fingerprint density at radius 2 is 2.05 bits per heavy atom. The van der Waals surface area contributed by atoms with Crippen LogP contribution in [0.5, 0.6) is 0 Å². The second-order valence-corrected chi connectivity index (χ2v) is 7.94. The number of anilines is 1. The largest absolute Gasteiger partial charge is 0.349 e. The first-order chi connectivity index (χ1) is 9.08. The van der Waals surface area contributed by atoms with Crippen LogP contribution < -0.4 is 16.6 Å². The van der Waals surface area contributed by atoms with Gasteiger partial charge in [-0.2, -0.15) is 0 Å². The van der Waals surface area contributed by atoms with Gasteiger partial charge in [-0.1, -0.05) is 11.6 Å². The fourth-order valence-corrected chi connectivity index (χ4v) is 1.72. The van der Waals surface area contributed by atoms with E-state index in [1.54, 1.807) is 0 Å². The Morgan fingerprint density at radius 1 is 1.45 bits per heavy atom. The minimum atomic E-state index is -3.30. The minimum Gasteiger partial charge on any atom is -0.349 e. The van der Waals surface area contributed by atoms with Crippen LogP contribution in [0, 0.1) is 0 Å². The number of nitrogens with zero attached hydrogens (tertiary/aromatic N) is 1. The summed E-state index contributed by atoms with van der Waals surface area (Å²) in [4.78, 5) is 15.9. The van der Waals surface area contributed by atoms with Crippen LogP contribution in [-0.4, -0.2) is 36.9 Å². The summed E-state index contributed by atoms with van der Waals surface area (Å²) in [6.07, 6.45) is 1.11. The summed E-state index contributed by atoms with van der Waals surface area (Å²) in [5.74, 6) is 4.92. The van der Waals surface area contributed by atoms with Gasteiger partial charge in [0, 0.05) is 12.8 Å². The van der Waals surface area contributed by atoms with E-state index in [0.717, 1.165) is 6.26 Å². The maximum absolute atomic E-state index is 12.0. The first-order valence-corrected chi connectivity index (χ1v) is 7.96. The molecule has 7 nitrogen and oxygen atoms in total. The van der Waals surface area contributed by atoms with Gasteiger partial charge in [0.05, 0.1) is 9.77 Å². The zero-order chi connectivity index (χ0) is 15.6. The van der Waals surface area contributed by atoms with Crippen molar-refractivity contribution in [3.05, 3.63) is 22.8 Å². The molecule has 20 heavy (non-hydrogen) atoms. The minimum absolute atomic E-state index is 0.0218. The Balaban J connectivity index is 2.88. The number of sulfone groups is 1. The molecule has 1 rings (SSSR count). The van der Waals surface area contributed by atoms with E-state index in [-0.39, 0.29) is 23.1 Å². The van der Waals surface area contributed by atoms with E-state index in [1.807, 2.05) is 0 Å². The van der Waals surface area contributed by atoms with Gasteiger partial charge in [0.2, 0.25) is 0 Å². The molecule has 0 bridgehead atoms. The summed E-state index contributed by atoms with van der Waals surface area (Å²) in [5, 5.41) is 2.66. The molecule has 0 spiro atoms. The van der Waals surface area contributed by atoms with Crippen LogP contribution in [0.15, 0.2) is 12.1 Å². The van der Waals surface area contributed by atoms with Gasteiger partial charge < -0.3 is 10.7 Å². The van der Waals surface area contributed by atoms with Gasteiger partial charge in [-0.15, -0.1) is 0 Å². The van der Waals surface area contributed by atoms with Crippen LogP contribution in [-0.2, 0) is 9.84 Å². The lowest BCUT2D eigenvalue weighted by atomic mass is 10.2. The second-order valence-electron chi connectivity index (χ2n) is 4.89. The predicted octanol–water partition coefficient (Wildman–Crippen LogP) is 0.574. The molecule has 112 valence electrons. The number of hydrogen-bond donors (Lipinski definition) is 3. The number of halogens is 1. The van der Waals surface area contributed by atoms with Crippen LogP contribution in [0.2, 0.25) is 5.02 Å². The number of aromatic nitrogens is 1. The number of pyridine rings is 1. The lowest BCUT2D eigenvalue weighted by Crippen LogP contribution is -2.44. The van der Waals surface area contributed by atoms with Crippen molar-refractivity contribution in [3.8, 4) is 0 Å². The van der Waals surface area contributed by atoms with Crippen molar-refractivity contribution in [3.63, 3.8) is 0 Å². The van der Waals surface area contributed by atoms with Gasteiger partial charge in [-0.25, -0.2) is 19.2 Å². The number of hydrogen-bond acceptors (Lipinski definition) is 6. The van der Waals surface area contributed by atoms with Crippen LogP contribution in [0.1, 0.15) is 24.3 Å². The van der Waals surface area contributed by atoms with Gasteiger partial charge in [-0.05, 0) is 26.0 Å². The van der Waals surface area contributed by atoms with Crippen LogP contribution >= 0.6 is 11.6 Å². The first kappa shape index (κ1) is 16.7. The molecule has 0 atom stereocenters. The molecule has 4 N–H and O–H groups in total. The number of nitrogens with two attached hydrogens (primary N) is 1. The number of nitrogens with one attached hydrogen (secondary N) is 2. The fourth-order valence-electron chi connectivity index (χ4n) is 1.19. The van der Waals surface area contributed by atoms with Crippen molar-refractivity contribution in [2.45, 2.75) is 18.6 Å². The van der Waals surface area contributed by atoms with Gasteiger partial charge in [-0.3, -0.25) is 4.79 Å². The third kappa shape index (κ3) is 3.81. The van der Waals surface area contributed by atoms with Crippen LogP contribution in [0.25, 0.3) is 0 Å². The van der Waals surface area contributed by atoms with Crippen molar-refractivity contribution < 1.29 is 13.2 Å². The molecule has 1 heterocycles. The highest BCUT2D eigenvalue weighted by atomic mass is 35.5. The average molecular weight is 321 g/mol. The Bertz CT molecular complexity index is 616. The quantitative estimate of drug-likeness (QED) is 0.540. The summed E-state index contributed by atoms with van der Waals surface area (Å²) in [6.45, 7) is 2.99. The molecule has 0 saturated carbocycles. The Morgan fingerprint density at radius 3 is 2.55 bits per heavy atom. The molecule has 0 aliphatic carbocycles. The number of hydrazine groups is 1. The van der Waals surface area contributed by atoms with E-state index in [4.69, 9.17) is 17.4 Å². The third-order valence-corrected chi connectivity index (χ3v) is 5.34. The smallest absolute Gasteiger partial charge is 0.271 e. The normalized spacial score (nSPS) is 12.1. The molecule has 0 radical (unpaired) electrons. The number of carbonyl (C=O) groups excluding carboxylic acids is 1. The van der Waals surface area contributed by atoms with Crippen molar-refractivity contribution in [2.24, 2.45) is 5.84 Å². The molecule has 0 saturated heterocycles. The zero-order valence-electron chi connectivity index (χ0n) is 11.4. The topological polar surface area (TPSA) is 114 Å². The molecule has 0 aromatic carbocycles. The SMILES string of the molecule is CC(C)(CNC(=O)c1nc(NN)ccc1Cl)S(C)(=O)=O. The zero-order valence-corrected chi connectivity index (χ0v) is 13.0. The highest BCUT2D eigenvalue weighted by Crippen LogP contribution is 2.17. The van der Waals surface area contributed by atoms with E-state index in [0.29, 0.717) is 0 Å². The average Bonchev–Trinajstić information content (AvgIpc) is 2.35. The lowest BCUT2D eigenvalue weighted by molar-refractivity contribution is 0.0946. The van der Waals surface area contributed by atoms with Crippen molar-refractivity contribution in [1.82, 2.24) is 10.3 Å². The number of nitrogen functional groups attached to an aromatic ring is 1. The van der Waals surface area contributed by atoms with E-state index in [2.05, 4.69) is 15.7 Å². The summed E-state index contributed by atoms with van der Waals surface area (Å²) >= 11 is 5.88. The number of rotatable bonds is 5. The first-order valence-electron chi connectivity index (χ1n) is 5.69. The van der Waals surface area contributed by atoms with Crippen LogP contribution in [0.4, 0.5) is 5.82 Å². The molecule has 0 unspecified atom stereocenters. The monoisotopic (exact) mass is 320 g/mol. The molecular weight excluding hydrogens is 304 g/mol. The maximum Gasteiger partial charge on any atom is 0.271 e. The van der Waals surface area contributed by atoms with E-state index >= 15 is 0 Å². The lowest BCUT2D eigenvalue weighted by Gasteiger charge is -2.22. The molecule has 1 aromatic rings. The van der Waals surface area contributed by atoms with Gasteiger partial charge in [0.25, 0.3) is 5.91 Å². The predicted molar refractivity (Wildman–Crippen MR) is 78.3 cm³/mol. The second kappa shape index (κ2) is 5.94. The van der Waals surface area contributed by atoms with Crippen molar-refractivity contribution in [1.29, 1.82) is 0 Å². The van der Waals surface area contributed by atoms with E-state index < -0.39 is 20.5 Å². The highest BCUT2D eigenvalue weighted by molar-refractivity contribution is 7.92. The van der Waals surface area contributed by atoms with Crippen molar-refractivity contribution in [2.75, 3.05) is 18.2 Å². The Labute approximate surface area is 122 Å². The summed E-state index contributed by atoms with van der Waals surface area (Å²) in [6, 6.07) is 2.99. The summed E-state index contributed by atoms with van der Waals surface area (Å²) < 4.78 is 22.0. The molecule has 0 fully saturated rings. The molecular formula is C11H17ClN4O3S. The highest BCUT2D eigenvalue weighted by Gasteiger charge is 2.31.